The number of aromatic nitrogens is 12. The number of anilines is 4. The Bertz CT molecular complexity index is 3640. The van der Waals surface area contributed by atoms with E-state index < -0.39 is 5.97 Å². The van der Waals surface area contributed by atoms with Gasteiger partial charge in [0.05, 0.1) is 26.6 Å². The highest BCUT2D eigenvalue weighted by Gasteiger charge is 2.30. The van der Waals surface area contributed by atoms with Gasteiger partial charge in [-0.15, -0.1) is 12.4 Å². The monoisotopic (exact) mass is 1320 g/mol. The van der Waals surface area contributed by atoms with E-state index in [9.17, 15) is 22.8 Å². The molecule has 9 heterocycles. The smallest absolute Gasteiger partial charge is 0.325 e. The first kappa shape index (κ1) is 66.8. The van der Waals surface area contributed by atoms with Crippen LogP contribution in [0.4, 0.5) is 36.2 Å². The van der Waals surface area contributed by atoms with Crippen LogP contribution in [0.5, 0.6) is 0 Å². The van der Waals surface area contributed by atoms with Crippen molar-refractivity contribution in [3.05, 3.63) is 129 Å². The molecule has 0 radical (unpaired) electrons. The van der Waals surface area contributed by atoms with E-state index in [-0.39, 0.29) is 74.0 Å². The average Bonchev–Trinajstić information content (AvgIpc) is 2.66. The van der Waals surface area contributed by atoms with Crippen molar-refractivity contribution in [3.8, 4) is 23.0 Å². The first-order valence-electron chi connectivity index (χ1n) is 26.0. The number of nitrogen functional groups attached to an aromatic ring is 2. The van der Waals surface area contributed by atoms with Crippen LogP contribution in [-0.2, 0) is 22.7 Å². The number of nitrogens with one attached hydrogen (secondary N) is 5. The lowest BCUT2D eigenvalue weighted by molar-refractivity contribution is -0.138. The summed E-state index contributed by atoms with van der Waals surface area (Å²) in [6.45, 7) is 13.3. The molecule has 10 N–H and O–H groups in total. The number of H-pyrrole nitrogens is 2. The molecule has 0 unspecified atom stereocenters. The van der Waals surface area contributed by atoms with Crippen molar-refractivity contribution in [2.24, 2.45) is 0 Å². The summed E-state index contributed by atoms with van der Waals surface area (Å²) < 4.78 is 43.6. The van der Waals surface area contributed by atoms with Crippen LogP contribution in [0.2, 0.25) is 15.1 Å². The molecule has 3 aliphatic heterocycles. The number of carbonyl (C=O) groups excluding carboxylic acids is 1. The second-order valence-corrected chi connectivity index (χ2v) is 21.4. The minimum Gasteiger partial charge on any atom is -0.480 e. The Balaban J connectivity index is 0.000000189. The Morgan fingerprint density at radius 2 is 1.16 bits per heavy atom. The molecule has 0 aliphatic carbocycles. The number of halogens is 8. The van der Waals surface area contributed by atoms with Crippen LogP contribution in [0.15, 0.2) is 96.5 Å². The first-order valence-corrected chi connectivity index (χ1v) is 27.9. The molecule has 3 fully saturated rings. The maximum atomic E-state index is 14.4. The van der Waals surface area contributed by atoms with Gasteiger partial charge in [0.15, 0.2) is 22.9 Å². The topological polar surface area (TPSA) is 297 Å². The molecule has 0 bridgehead atoms. The number of benzene rings is 3. The molecule has 3 aromatic carbocycles. The van der Waals surface area contributed by atoms with E-state index in [2.05, 4.69) is 95.8 Å². The molecule has 1 amide bonds. The number of imidazole rings is 2. The summed E-state index contributed by atoms with van der Waals surface area (Å²) >= 11 is 20.0. The quantitative estimate of drug-likeness (QED) is 0.0663. The van der Waals surface area contributed by atoms with Crippen molar-refractivity contribution in [2.45, 2.75) is 59.4 Å². The van der Waals surface area contributed by atoms with Gasteiger partial charge in [-0.3, -0.25) is 9.59 Å². The number of piperazine rings is 3. The molecule has 0 spiro atoms. The zero-order chi connectivity index (χ0) is 59.3. The Hall–Kier alpha value is -7.37. The number of rotatable bonds is 8. The van der Waals surface area contributed by atoms with Crippen LogP contribution in [0.3, 0.4) is 0 Å². The predicted molar refractivity (Wildman–Crippen MR) is 332 cm³/mol. The van der Waals surface area contributed by atoms with Crippen molar-refractivity contribution in [1.29, 1.82) is 0 Å². The molecular formula is C54H64BrCl4F3N20O3. The van der Waals surface area contributed by atoms with E-state index in [1.165, 1.54) is 40.2 Å². The van der Waals surface area contributed by atoms with Crippen LogP contribution in [-0.4, -0.2) is 158 Å². The number of carboxylic acids is 1. The van der Waals surface area contributed by atoms with Gasteiger partial charge < -0.3 is 57.2 Å². The molecular weight excluding hydrogens is 1260 g/mol. The first-order chi connectivity index (χ1) is 39.8. The normalized spacial score (nSPS) is 16.4. The van der Waals surface area contributed by atoms with Crippen molar-refractivity contribution < 1.29 is 27.9 Å². The fourth-order valence-corrected chi connectivity index (χ4v) is 9.91. The number of fused-ring (bicyclic) bond motifs is 2. The van der Waals surface area contributed by atoms with Crippen LogP contribution >= 0.6 is 63.1 Å². The number of nitrogens with zero attached hydrogens (tertiary/aromatic N) is 13. The van der Waals surface area contributed by atoms with E-state index in [1.54, 1.807) is 66.1 Å². The second kappa shape index (κ2) is 31.1. The summed E-state index contributed by atoms with van der Waals surface area (Å²) in [6, 6.07) is 14.8. The fourth-order valence-electron chi connectivity index (χ4n) is 9.19. The highest BCUT2D eigenvalue weighted by atomic mass is 79.9. The van der Waals surface area contributed by atoms with Crippen LogP contribution in [0.1, 0.15) is 28.2 Å². The molecule has 454 valence electrons. The SMILES string of the molecule is C.C[C@H]1CN(c2ccc(Cl)cc2F)CCN1.C[C@H]1CN(c2ccc(Cl)cc2F)CCN1C(=O)Cn1nc(-c2ncc[nH]2)c2c(N)ncnc21.C[C@H]1CNCCN1.Cl.Fc1cc(Cl)ccc1Br.Nc1ncnc2c1c(-c1ncc[nH]1)nn2CC(=O)O. The number of hydrogen-bond donors (Lipinski definition) is 8. The molecule has 0 saturated carbocycles. The predicted octanol–water partition coefficient (Wildman–Crippen LogP) is 8.36. The highest BCUT2D eigenvalue weighted by Crippen LogP contribution is 2.31. The maximum absolute atomic E-state index is 14.4. The van der Waals surface area contributed by atoms with E-state index in [4.69, 9.17) is 51.4 Å². The number of nitrogens with two attached hydrogens (primary N) is 2. The summed E-state index contributed by atoms with van der Waals surface area (Å²) in [7, 11) is 0. The van der Waals surface area contributed by atoms with Gasteiger partial charge in [-0.2, -0.15) is 10.2 Å². The fraction of sp³-hybridized carbons (Fsp3) is 0.333. The lowest BCUT2D eigenvalue weighted by Crippen LogP contribution is -2.55. The largest absolute Gasteiger partial charge is 0.480 e. The van der Waals surface area contributed by atoms with E-state index in [0.717, 1.165) is 39.3 Å². The summed E-state index contributed by atoms with van der Waals surface area (Å²) in [5.41, 5.74) is 14.7. The highest BCUT2D eigenvalue weighted by molar-refractivity contribution is 9.10. The number of aliphatic carboxylic acids is 1. The van der Waals surface area contributed by atoms with E-state index in [0.29, 0.717) is 108 Å². The third-order valence-electron chi connectivity index (χ3n) is 13.1. The lowest BCUT2D eigenvalue weighted by atomic mass is 10.1. The Labute approximate surface area is 517 Å². The summed E-state index contributed by atoms with van der Waals surface area (Å²) in [5, 5.41) is 29.8. The molecule has 23 nitrogen and oxygen atoms in total. The van der Waals surface area contributed by atoms with Crippen molar-refractivity contribution >= 4 is 120 Å². The summed E-state index contributed by atoms with van der Waals surface area (Å²) in [6.07, 6.45) is 9.10. The Kier molecular flexibility index (Phi) is 24.5. The zero-order valence-corrected chi connectivity index (χ0v) is 50.1. The van der Waals surface area contributed by atoms with Gasteiger partial charge >= 0.3 is 5.97 Å². The molecule has 3 aliphatic rings. The molecule has 9 aromatic rings. The minimum atomic E-state index is -1.02. The summed E-state index contributed by atoms with van der Waals surface area (Å²) in [5.74, 6) is -0.598. The van der Waals surface area contributed by atoms with Gasteiger partial charge in [-0.25, -0.2) is 52.4 Å². The Morgan fingerprint density at radius 3 is 1.59 bits per heavy atom. The average molecular weight is 1320 g/mol. The Morgan fingerprint density at radius 1 is 0.659 bits per heavy atom. The van der Waals surface area contributed by atoms with E-state index >= 15 is 0 Å². The third kappa shape index (κ3) is 17.4. The number of carboxylic acid groups (broad SMARTS) is 1. The molecule has 3 saturated heterocycles. The van der Waals surface area contributed by atoms with Crippen molar-refractivity contribution in [3.63, 3.8) is 0 Å². The van der Waals surface area contributed by atoms with Gasteiger partial charge in [0, 0.05) is 117 Å². The van der Waals surface area contributed by atoms with Gasteiger partial charge in [0.25, 0.3) is 0 Å². The number of amides is 1. The second-order valence-electron chi connectivity index (χ2n) is 19.2. The number of carbonyl (C=O) groups is 2. The van der Waals surface area contributed by atoms with Gasteiger partial charge in [0.1, 0.15) is 66.2 Å². The van der Waals surface area contributed by atoms with Gasteiger partial charge in [-0.1, -0.05) is 42.2 Å². The molecule has 31 heteroatoms. The van der Waals surface area contributed by atoms with E-state index in [1.807, 2.05) is 16.7 Å². The lowest BCUT2D eigenvalue weighted by Gasteiger charge is -2.41. The summed E-state index contributed by atoms with van der Waals surface area (Å²) in [4.78, 5) is 60.3. The van der Waals surface area contributed by atoms with Crippen LogP contribution in [0.25, 0.3) is 45.1 Å². The molecule has 85 heavy (non-hydrogen) atoms. The van der Waals surface area contributed by atoms with Crippen LogP contribution < -0.4 is 37.2 Å². The maximum Gasteiger partial charge on any atom is 0.325 e. The van der Waals surface area contributed by atoms with Gasteiger partial charge in [-0.05, 0) is 91.3 Å². The van der Waals surface area contributed by atoms with Crippen molar-refractivity contribution in [1.82, 2.24) is 80.3 Å². The minimum absolute atomic E-state index is 0. The third-order valence-corrected chi connectivity index (χ3v) is 14.4. The molecule has 6 aromatic heterocycles. The zero-order valence-electron chi connectivity index (χ0n) is 45.5. The molecule has 3 atom stereocenters. The standard InChI is InChI=1S/C21H21ClFN9O.C11H14ClFN2.C10H9N7O2.C6H3BrClF.C5H12N2.CH4.ClH/c1-12-9-30(15-3-2-13(22)8-14(15)23)6-7-31(12)16(33)10-32-21-17(19(24)27-11-28-21)18(29-32)20-25-4-5-26-20;1-8-7-15(5-4-14-8)11-3-2-9(12)6-10(11)13;11-8-6-7(9-12-1-2-13-9)16-17(3-5(18)19)10(6)15-4-14-8;7-5-2-1-4(8)3-6(5)9;1-5-4-6-2-3-7-5;;/h2-5,8,11-12H,6-7,9-10H2,1H3,(H,25,26)(H2,24,27,28);2-3,6,8,14H,4-5,7H2,1H3;1-2,4H,3H2,(H,12,13)(H,18,19)(H2,11,14,15);1-3H;5-7H,2-4H2,1H3;1H4;1H/t12-;8-;;;5-;;/m00..0../s1. The van der Waals surface area contributed by atoms with Crippen molar-refractivity contribution in [2.75, 3.05) is 80.2 Å². The van der Waals surface area contributed by atoms with Gasteiger partial charge in [0.2, 0.25) is 5.91 Å². The molecule has 12 rings (SSSR count). The van der Waals surface area contributed by atoms with Crippen LogP contribution in [0, 0.1) is 17.5 Å². The number of aromatic amines is 2. The number of hydrogen-bond acceptors (Lipinski definition) is 17.